The van der Waals surface area contributed by atoms with Crippen LogP contribution in [-0.2, 0) is 4.74 Å². The molecule has 10 nitrogen and oxygen atoms in total. The van der Waals surface area contributed by atoms with Gasteiger partial charge < -0.3 is 44.5 Å². The predicted molar refractivity (Wildman–Crippen MR) is 115 cm³/mol. The molecule has 1 saturated heterocycles. The quantitative estimate of drug-likeness (QED) is 0.276. The van der Waals surface area contributed by atoms with E-state index >= 15 is 0 Å². The van der Waals surface area contributed by atoms with Crippen LogP contribution < -0.4 is 14.2 Å². The SMILES string of the molecule is COc1cc(O)c(C(=O)/C=C/c2ccc(OC3OC(CO)C(O)C(O)C3O)cc2)c(OC)c1. The van der Waals surface area contributed by atoms with Crippen LogP contribution in [0.15, 0.2) is 42.5 Å². The normalized spacial score (nSPS) is 25.1. The van der Waals surface area contributed by atoms with Crippen molar-refractivity contribution in [3.05, 3.63) is 53.6 Å². The van der Waals surface area contributed by atoms with Gasteiger partial charge in [-0.3, -0.25) is 4.79 Å². The molecule has 1 fully saturated rings. The Hall–Kier alpha value is -3.15. The maximum Gasteiger partial charge on any atom is 0.229 e. The summed E-state index contributed by atoms with van der Waals surface area (Å²) in [6, 6.07) is 9.18. The second-order valence-electron chi connectivity index (χ2n) is 7.31. The molecule has 0 saturated carbocycles. The second-order valence-corrected chi connectivity index (χ2v) is 7.31. The van der Waals surface area contributed by atoms with Crippen LogP contribution in [0.2, 0.25) is 0 Å². The van der Waals surface area contributed by atoms with E-state index in [0.717, 1.165) is 0 Å². The van der Waals surface area contributed by atoms with Crippen LogP contribution >= 0.6 is 0 Å². The third-order valence-corrected chi connectivity index (χ3v) is 5.16. The minimum Gasteiger partial charge on any atom is -0.507 e. The van der Waals surface area contributed by atoms with E-state index in [1.165, 1.54) is 38.5 Å². The van der Waals surface area contributed by atoms with E-state index in [2.05, 4.69) is 0 Å². The van der Waals surface area contributed by atoms with E-state index in [-0.39, 0.29) is 22.8 Å². The molecule has 0 spiro atoms. The third kappa shape index (κ3) is 5.44. The molecule has 5 unspecified atom stereocenters. The van der Waals surface area contributed by atoms with Gasteiger partial charge in [0.05, 0.1) is 20.8 Å². The molecule has 5 atom stereocenters. The molecule has 0 amide bonds. The molecule has 5 N–H and O–H groups in total. The summed E-state index contributed by atoms with van der Waals surface area (Å²) in [5.41, 5.74) is 0.633. The standard InChI is InChI=1S/C23H26O10/c1-30-14-9-16(26)19(17(10-14)31-2)15(25)8-5-12-3-6-13(7-4-12)32-23-22(29)21(28)20(27)18(11-24)33-23/h3-10,18,20-24,26-29H,11H2,1-2H3/b8-5+. The van der Waals surface area contributed by atoms with E-state index < -0.39 is 43.1 Å². The highest BCUT2D eigenvalue weighted by Gasteiger charge is 2.44. The van der Waals surface area contributed by atoms with E-state index in [0.29, 0.717) is 11.3 Å². The monoisotopic (exact) mass is 462 g/mol. The molecule has 10 heteroatoms. The molecule has 2 aromatic carbocycles. The Morgan fingerprint density at radius 1 is 1.00 bits per heavy atom. The number of methoxy groups -OCH3 is 2. The fraction of sp³-hybridized carbons (Fsp3) is 0.348. The lowest BCUT2D eigenvalue weighted by Crippen LogP contribution is -2.60. The number of rotatable bonds is 8. The number of hydrogen-bond donors (Lipinski definition) is 5. The largest absolute Gasteiger partial charge is 0.507 e. The fourth-order valence-corrected chi connectivity index (χ4v) is 3.31. The van der Waals surface area contributed by atoms with E-state index in [9.17, 15) is 30.3 Å². The maximum absolute atomic E-state index is 12.6. The minimum atomic E-state index is -1.54. The summed E-state index contributed by atoms with van der Waals surface area (Å²) in [5.74, 6) is 0.0553. The van der Waals surface area contributed by atoms with Gasteiger partial charge in [0.1, 0.15) is 53.0 Å². The highest BCUT2D eigenvalue weighted by atomic mass is 16.7. The summed E-state index contributed by atoms with van der Waals surface area (Å²) in [7, 11) is 2.81. The van der Waals surface area contributed by atoms with Gasteiger partial charge in [0, 0.05) is 12.1 Å². The molecule has 1 heterocycles. The molecule has 0 aromatic heterocycles. The first kappa shape index (κ1) is 24.5. The zero-order chi connectivity index (χ0) is 24.1. The van der Waals surface area contributed by atoms with E-state index in [4.69, 9.17) is 18.9 Å². The van der Waals surface area contributed by atoms with Crippen molar-refractivity contribution in [2.24, 2.45) is 0 Å². The summed E-state index contributed by atoms with van der Waals surface area (Å²) >= 11 is 0. The maximum atomic E-state index is 12.6. The third-order valence-electron chi connectivity index (χ3n) is 5.16. The number of carbonyl (C=O) groups is 1. The zero-order valence-electron chi connectivity index (χ0n) is 18.0. The molecule has 0 bridgehead atoms. The summed E-state index contributed by atoms with van der Waals surface area (Å²) in [6.45, 7) is -0.558. The van der Waals surface area contributed by atoms with E-state index in [1.807, 2.05) is 0 Å². The van der Waals surface area contributed by atoms with Gasteiger partial charge in [0.25, 0.3) is 0 Å². The molecule has 0 aliphatic carbocycles. The molecular weight excluding hydrogens is 436 g/mol. The summed E-state index contributed by atoms with van der Waals surface area (Å²) in [5, 5.41) is 49.2. The van der Waals surface area contributed by atoms with Gasteiger partial charge in [-0.25, -0.2) is 0 Å². The molecule has 2 aromatic rings. The predicted octanol–water partition coefficient (Wildman–Crippen LogP) is 0.484. The van der Waals surface area contributed by atoms with Gasteiger partial charge in [0.2, 0.25) is 6.29 Å². The van der Waals surface area contributed by atoms with Crippen molar-refractivity contribution in [1.29, 1.82) is 0 Å². The van der Waals surface area contributed by atoms with Crippen LogP contribution in [0, 0.1) is 0 Å². The number of ether oxygens (including phenoxy) is 4. The van der Waals surface area contributed by atoms with Gasteiger partial charge in [-0.2, -0.15) is 0 Å². The number of aromatic hydroxyl groups is 1. The number of carbonyl (C=O) groups excluding carboxylic acids is 1. The van der Waals surface area contributed by atoms with Crippen LogP contribution in [-0.4, -0.2) is 82.8 Å². The molecule has 33 heavy (non-hydrogen) atoms. The van der Waals surface area contributed by atoms with Gasteiger partial charge >= 0.3 is 0 Å². The van der Waals surface area contributed by atoms with Gasteiger partial charge in [-0.15, -0.1) is 0 Å². The fourth-order valence-electron chi connectivity index (χ4n) is 3.31. The average Bonchev–Trinajstić information content (AvgIpc) is 2.83. The Balaban J connectivity index is 1.69. The van der Waals surface area contributed by atoms with Crippen LogP contribution in [0.4, 0.5) is 0 Å². The number of phenols is 1. The molecule has 1 aliphatic heterocycles. The van der Waals surface area contributed by atoms with Crippen LogP contribution in [0.25, 0.3) is 6.08 Å². The van der Waals surface area contributed by atoms with Crippen molar-refractivity contribution in [2.45, 2.75) is 30.7 Å². The molecule has 1 aliphatic rings. The second kappa shape index (κ2) is 10.6. The summed E-state index contributed by atoms with van der Waals surface area (Å²) in [4.78, 5) is 12.6. The van der Waals surface area contributed by atoms with E-state index in [1.54, 1.807) is 24.3 Å². The van der Waals surface area contributed by atoms with Crippen molar-refractivity contribution < 1.29 is 49.3 Å². The lowest BCUT2D eigenvalue weighted by atomic mass is 9.99. The lowest BCUT2D eigenvalue weighted by molar-refractivity contribution is -0.277. The minimum absolute atomic E-state index is 0.00267. The first-order chi connectivity index (χ1) is 15.8. The first-order valence-electron chi connectivity index (χ1n) is 10.0. The van der Waals surface area contributed by atoms with Crippen LogP contribution in [0.3, 0.4) is 0 Å². The molecule has 3 rings (SSSR count). The molecule has 0 radical (unpaired) electrons. The van der Waals surface area contributed by atoms with Crippen molar-refractivity contribution >= 4 is 11.9 Å². The van der Waals surface area contributed by atoms with Crippen LogP contribution in [0.1, 0.15) is 15.9 Å². The summed E-state index contributed by atoms with van der Waals surface area (Å²) in [6.07, 6.45) is -4.10. The van der Waals surface area contributed by atoms with Gasteiger partial charge in [-0.1, -0.05) is 18.2 Å². The molecular formula is C23H26O10. The number of ketones is 1. The van der Waals surface area contributed by atoms with Crippen molar-refractivity contribution in [3.63, 3.8) is 0 Å². The Morgan fingerprint density at radius 2 is 1.70 bits per heavy atom. The van der Waals surface area contributed by atoms with Crippen molar-refractivity contribution in [1.82, 2.24) is 0 Å². The number of phenolic OH excluding ortho intramolecular Hbond substituents is 1. The molecule has 178 valence electrons. The number of aliphatic hydroxyl groups is 4. The van der Waals surface area contributed by atoms with Crippen molar-refractivity contribution in [3.8, 4) is 23.0 Å². The van der Waals surface area contributed by atoms with Crippen molar-refractivity contribution in [2.75, 3.05) is 20.8 Å². The Morgan fingerprint density at radius 3 is 2.30 bits per heavy atom. The smallest absolute Gasteiger partial charge is 0.229 e. The Labute approximate surface area is 189 Å². The van der Waals surface area contributed by atoms with Crippen LogP contribution in [0.5, 0.6) is 23.0 Å². The summed E-state index contributed by atoms with van der Waals surface area (Å²) < 4.78 is 21.1. The number of aliphatic hydroxyl groups excluding tert-OH is 4. The Bertz CT molecular complexity index is 985. The number of allylic oxidation sites excluding steroid dienone is 1. The number of hydrogen-bond acceptors (Lipinski definition) is 10. The highest BCUT2D eigenvalue weighted by Crippen LogP contribution is 2.34. The number of benzene rings is 2. The van der Waals surface area contributed by atoms with Gasteiger partial charge in [-0.05, 0) is 23.8 Å². The Kier molecular flexibility index (Phi) is 7.90. The first-order valence-corrected chi connectivity index (χ1v) is 10.0. The highest BCUT2D eigenvalue weighted by molar-refractivity contribution is 6.10. The zero-order valence-corrected chi connectivity index (χ0v) is 18.0. The average molecular weight is 462 g/mol. The topological polar surface area (TPSA) is 155 Å². The lowest BCUT2D eigenvalue weighted by Gasteiger charge is -2.39. The van der Waals surface area contributed by atoms with Gasteiger partial charge in [0.15, 0.2) is 5.78 Å².